The predicted octanol–water partition coefficient (Wildman–Crippen LogP) is 3.22. The van der Waals surface area contributed by atoms with E-state index in [0.717, 1.165) is 30.4 Å². The van der Waals surface area contributed by atoms with Crippen LogP contribution in [0.3, 0.4) is 0 Å². The zero-order valence-corrected chi connectivity index (χ0v) is 10.3. The molecule has 2 aromatic rings. The fourth-order valence-corrected chi connectivity index (χ4v) is 3.37. The Hall–Kier alpha value is -1.00. The quantitative estimate of drug-likeness (QED) is 0.887. The lowest BCUT2D eigenvalue weighted by atomic mass is 9.97. The largest absolute Gasteiger partial charge is 0.431 e. The second-order valence-corrected chi connectivity index (χ2v) is 5.65. The molecule has 0 spiro atoms. The van der Waals surface area contributed by atoms with Crippen LogP contribution >= 0.6 is 11.8 Å². The van der Waals surface area contributed by atoms with Gasteiger partial charge in [-0.15, -0.1) is 0 Å². The molecule has 2 atom stereocenters. The number of aliphatic hydroxyl groups is 1. The van der Waals surface area contributed by atoms with E-state index >= 15 is 0 Å². The average Bonchev–Trinajstić information content (AvgIpc) is 2.74. The summed E-state index contributed by atoms with van der Waals surface area (Å²) in [5.41, 5.74) is 1.71. The van der Waals surface area contributed by atoms with E-state index in [2.05, 4.69) is 4.98 Å². The van der Waals surface area contributed by atoms with Crippen LogP contribution in [0, 0.1) is 0 Å². The molecule has 1 saturated carbocycles. The van der Waals surface area contributed by atoms with Gasteiger partial charge in [-0.1, -0.05) is 36.7 Å². The Morgan fingerprint density at radius 1 is 1.24 bits per heavy atom. The molecule has 1 aromatic heterocycles. The Morgan fingerprint density at radius 2 is 2.06 bits per heavy atom. The van der Waals surface area contributed by atoms with Crippen molar-refractivity contribution in [1.29, 1.82) is 0 Å². The molecule has 1 aliphatic carbocycles. The molecule has 1 N–H and O–H groups in total. The van der Waals surface area contributed by atoms with Crippen LogP contribution in [0.1, 0.15) is 25.7 Å². The first-order chi connectivity index (χ1) is 8.33. The van der Waals surface area contributed by atoms with Gasteiger partial charge in [-0.25, -0.2) is 4.98 Å². The monoisotopic (exact) mass is 249 g/mol. The van der Waals surface area contributed by atoms with Gasteiger partial charge in [0.25, 0.3) is 5.22 Å². The normalized spacial score (nSPS) is 25.2. The van der Waals surface area contributed by atoms with Crippen molar-refractivity contribution in [2.75, 3.05) is 0 Å². The van der Waals surface area contributed by atoms with Crippen LogP contribution < -0.4 is 0 Å². The number of nitrogens with zero attached hydrogens (tertiary/aromatic N) is 1. The SMILES string of the molecule is OC1CCCCC1Sc1nc2ccccc2o1. The zero-order valence-electron chi connectivity index (χ0n) is 9.50. The minimum Gasteiger partial charge on any atom is -0.431 e. The molecule has 2 unspecified atom stereocenters. The summed E-state index contributed by atoms with van der Waals surface area (Å²) in [7, 11) is 0. The first kappa shape index (κ1) is 11.1. The third kappa shape index (κ3) is 2.33. The molecule has 0 saturated heterocycles. The molecule has 1 aromatic carbocycles. The molecule has 3 rings (SSSR count). The summed E-state index contributed by atoms with van der Waals surface area (Å²) < 4.78 is 5.66. The first-order valence-corrected chi connectivity index (χ1v) is 6.91. The molecule has 4 heteroatoms. The third-order valence-corrected chi connectivity index (χ3v) is 4.42. The molecule has 1 aliphatic rings. The Morgan fingerprint density at radius 3 is 2.88 bits per heavy atom. The number of aliphatic hydroxyl groups excluding tert-OH is 1. The summed E-state index contributed by atoms with van der Waals surface area (Å²) >= 11 is 1.57. The zero-order chi connectivity index (χ0) is 11.7. The van der Waals surface area contributed by atoms with Crippen molar-refractivity contribution >= 4 is 22.9 Å². The lowest BCUT2D eigenvalue weighted by Gasteiger charge is -2.25. The van der Waals surface area contributed by atoms with E-state index in [9.17, 15) is 5.11 Å². The summed E-state index contributed by atoms with van der Waals surface area (Å²) in [6.45, 7) is 0. The van der Waals surface area contributed by atoms with Gasteiger partial charge >= 0.3 is 0 Å². The maximum absolute atomic E-state index is 9.91. The predicted molar refractivity (Wildman–Crippen MR) is 68.1 cm³/mol. The number of hydrogen-bond acceptors (Lipinski definition) is 4. The fraction of sp³-hybridized carbons (Fsp3) is 0.462. The van der Waals surface area contributed by atoms with Crippen molar-refractivity contribution in [2.45, 2.75) is 42.3 Å². The molecule has 0 radical (unpaired) electrons. The van der Waals surface area contributed by atoms with Gasteiger partial charge in [-0.2, -0.15) is 0 Å². The van der Waals surface area contributed by atoms with Gasteiger partial charge in [-0.3, -0.25) is 0 Å². The van der Waals surface area contributed by atoms with E-state index < -0.39 is 0 Å². The van der Waals surface area contributed by atoms with E-state index in [0.29, 0.717) is 5.22 Å². The number of benzene rings is 1. The average molecular weight is 249 g/mol. The lowest BCUT2D eigenvalue weighted by molar-refractivity contribution is 0.136. The second-order valence-electron chi connectivity index (χ2n) is 4.46. The maximum Gasteiger partial charge on any atom is 0.257 e. The van der Waals surface area contributed by atoms with E-state index in [-0.39, 0.29) is 11.4 Å². The Kier molecular flexibility index (Phi) is 3.07. The van der Waals surface area contributed by atoms with Crippen LogP contribution in [0.4, 0.5) is 0 Å². The third-order valence-electron chi connectivity index (χ3n) is 3.19. The second kappa shape index (κ2) is 4.70. The number of oxazole rings is 1. The van der Waals surface area contributed by atoms with Gasteiger partial charge in [0, 0.05) is 5.25 Å². The van der Waals surface area contributed by atoms with Gasteiger partial charge in [0.05, 0.1) is 6.10 Å². The van der Waals surface area contributed by atoms with Crippen molar-refractivity contribution in [1.82, 2.24) is 4.98 Å². The Balaban J connectivity index is 1.79. The molecular formula is C13H15NO2S. The number of para-hydroxylation sites is 2. The highest BCUT2D eigenvalue weighted by atomic mass is 32.2. The van der Waals surface area contributed by atoms with Crippen LogP contribution in [0.5, 0.6) is 0 Å². The molecule has 3 nitrogen and oxygen atoms in total. The minimum absolute atomic E-state index is 0.219. The van der Waals surface area contributed by atoms with Crippen molar-refractivity contribution in [3.05, 3.63) is 24.3 Å². The van der Waals surface area contributed by atoms with E-state index in [1.165, 1.54) is 6.42 Å². The van der Waals surface area contributed by atoms with Crippen LogP contribution in [0.15, 0.2) is 33.9 Å². The number of fused-ring (bicyclic) bond motifs is 1. The Labute approximate surface area is 104 Å². The van der Waals surface area contributed by atoms with Gasteiger partial charge in [0.2, 0.25) is 0 Å². The number of hydrogen-bond donors (Lipinski definition) is 1. The standard InChI is InChI=1S/C13H15NO2S/c15-10-6-2-4-8-12(10)17-13-14-9-5-1-3-7-11(9)16-13/h1,3,5,7,10,12,15H,2,4,6,8H2. The topological polar surface area (TPSA) is 46.3 Å². The number of thioether (sulfide) groups is 1. The summed E-state index contributed by atoms with van der Waals surface area (Å²) in [6.07, 6.45) is 4.05. The summed E-state index contributed by atoms with van der Waals surface area (Å²) in [5.74, 6) is 0. The molecule has 0 amide bonds. The molecule has 90 valence electrons. The van der Waals surface area contributed by atoms with Crippen LogP contribution in [-0.4, -0.2) is 21.4 Å². The molecule has 17 heavy (non-hydrogen) atoms. The summed E-state index contributed by atoms with van der Waals surface area (Å²) in [5, 5.41) is 10.8. The summed E-state index contributed by atoms with van der Waals surface area (Å²) in [4.78, 5) is 4.43. The molecule has 0 bridgehead atoms. The number of aromatic nitrogens is 1. The molecule has 1 heterocycles. The smallest absolute Gasteiger partial charge is 0.257 e. The molecular weight excluding hydrogens is 234 g/mol. The maximum atomic E-state index is 9.91. The fourth-order valence-electron chi connectivity index (χ4n) is 2.25. The van der Waals surface area contributed by atoms with Crippen LogP contribution in [0.25, 0.3) is 11.1 Å². The van der Waals surface area contributed by atoms with Gasteiger partial charge in [-0.05, 0) is 25.0 Å². The van der Waals surface area contributed by atoms with Crippen molar-refractivity contribution in [3.63, 3.8) is 0 Å². The van der Waals surface area contributed by atoms with E-state index in [4.69, 9.17) is 4.42 Å². The van der Waals surface area contributed by atoms with Gasteiger partial charge < -0.3 is 9.52 Å². The van der Waals surface area contributed by atoms with Gasteiger partial charge in [0.1, 0.15) is 5.52 Å². The molecule has 0 aliphatic heterocycles. The highest BCUT2D eigenvalue weighted by Gasteiger charge is 2.25. The minimum atomic E-state index is -0.219. The lowest BCUT2D eigenvalue weighted by Crippen LogP contribution is -2.26. The van der Waals surface area contributed by atoms with Gasteiger partial charge in [0.15, 0.2) is 5.58 Å². The van der Waals surface area contributed by atoms with Crippen molar-refractivity contribution < 1.29 is 9.52 Å². The van der Waals surface area contributed by atoms with E-state index in [1.54, 1.807) is 11.8 Å². The summed E-state index contributed by atoms with van der Waals surface area (Å²) in [6, 6.07) is 7.76. The first-order valence-electron chi connectivity index (χ1n) is 6.03. The van der Waals surface area contributed by atoms with Crippen molar-refractivity contribution in [3.8, 4) is 0 Å². The van der Waals surface area contributed by atoms with Crippen molar-refractivity contribution in [2.24, 2.45) is 0 Å². The van der Waals surface area contributed by atoms with Crippen LogP contribution in [-0.2, 0) is 0 Å². The Bertz CT molecular complexity index is 478. The number of rotatable bonds is 2. The highest BCUT2D eigenvalue weighted by molar-refractivity contribution is 7.99. The van der Waals surface area contributed by atoms with Crippen LogP contribution in [0.2, 0.25) is 0 Å². The van der Waals surface area contributed by atoms with E-state index in [1.807, 2.05) is 24.3 Å². The highest BCUT2D eigenvalue weighted by Crippen LogP contribution is 2.34. The molecule has 1 fully saturated rings.